The smallest absolute Gasteiger partial charge is 0.316 e. The Morgan fingerprint density at radius 3 is 2.00 bits per heavy atom. The third kappa shape index (κ3) is 4.19. The molecule has 0 radical (unpaired) electrons. The monoisotopic (exact) mass is 174 g/mol. The lowest BCUT2D eigenvalue weighted by molar-refractivity contribution is -0.303. The first-order valence-corrected chi connectivity index (χ1v) is 3.16. The molecule has 0 aromatic heterocycles. The summed E-state index contributed by atoms with van der Waals surface area (Å²) in [6, 6.07) is 0. The lowest BCUT2D eigenvalue weighted by atomic mass is 10.2. The van der Waals surface area contributed by atoms with Crippen LogP contribution < -0.4 is 0 Å². The van der Waals surface area contributed by atoms with Gasteiger partial charge in [-0.15, -0.1) is 0 Å². The summed E-state index contributed by atoms with van der Waals surface area (Å²) in [6.45, 7) is 2.83. The van der Waals surface area contributed by atoms with E-state index in [4.69, 9.17) is 0 Å². The van der Waals surface area contributed by atoms with E-state index in [2.05, 4.69) is 4.74 Å². The van der Waals surface area contributed by atoms with Crippen LogP contribution in [0.25, 0.3) is 0 Å². The van der Waals surface area contributed by atoms with Crippen molar-refractivity contribution in [2.24, 2.45) is 5.92 Å². The highest BCUT2D eigenvalue weighted by Gasteiger charge is 2.42. The van der Waals surface area contributed by atoms with E-state index in [0.29, 0.717) is 0 Å². The van der Waals surface area contributed by atoms with Gasteiger partial charge in [-0.2, -0.15) is 8.78 Å². The van der Waals surface area contributed by atoms with E-state index >= 15 is 0 Å². The Bertz CT molecular complexity index is 113. The Kier molecular flexibility index (Phi) is 3.78. The first kappa shape index (κ1) is 10.7. The van der Waals surface area contributed by atoms with Crippen LogP contribution in [0.2, 0.25) is 0 Å². The molecule has 0 N–H and O–H groups in total. The van der Waals surface area contributed by atoms with Gasteiger partial charge in [0.2, 0.25) is 0 Å². The highest BCUT2D eigenvalue weighted by Crippen LogP contribution is 2.24. The summed E-state index contributed by atoms with van der Waals surface area (Å²) in [5.74, 6) is -0.181. The average Bonchev–Trinajstić information content (AvgIpc) is 1.84. The molecule has 0 aliphatic rings. The maximum absolute atomic E-state index is 11.9. The zero-order valence-electron chi connectivity index (χ0n) is 6.28. The van der Waals surface area contributed by atoms with Gasteiger partial charge in [-0.05, 0) is 5.92 Å². The van der Waals surface area contributed by atoms with Gasteiger partial charge in [-0.25, -0.2) is 8.78 Å². The standard InChI is InChI=1S/C6H10F4O/c1-4(2)3-11-6(9,10)5(7)8/h4-5H,3H2,1-2H3. The lowest BCUT2D eigenvalue weighted by Crippen LogP contribution is -2.31. The van der Waals surface area contributed by atoms with Crippen LogP contribution in [0, 0.1) is 5.92 Å². The van der Waals surface area contributed by atoms with Gasteiger partial charge in [-0.1, -0.05) is 13.8 Å². The van der Waals surface area contributed by atoms with E-state index in [1.54, 1.807) is 13.8 Å². The summed E-state index contributed by atoms with van der Waals surface area (Å²) in [4.78, 5) is 0. The quantitative estimate of drug-likeness (QED) is 0.595. The minimum Gasteiger partial charge on any atom is -0.316 e. The summed E-state index contributed by atoms with van der Waals surface area (Å²) in [7, 11) is 0. The Labute approximate surface area is 62.3 Å². The van der Waals surface area contributed by atoms with Gasteiger partial charge in [0.05, 0.1) is 6.61 Å². The molecule has 0 amide bonds. The molecule has 68 valence electrons. The molecule has 11 heavy (non-hydrogen) atoms. The van der Waals surface area contributed by atoms with Gasteiger partial charge in [0.1, 0.15) is 0 Å². The predicted octanol–water partition coefficient (Wildman–Crippen LogP) is 2.52. The normalized spacial score (nSPS) is 13.1. The number of hydrogen-bond acceptors (Lipinski definition) is 1. The molecule has 0 saturated heterocycles. The Balaban J connectivity index is 3.73. The molecule has 0 aromatic rings. The molecule has 0 aromatic carbocycles. The summed E-state index contributed by atoms with van der Waals surface area (Å²) < 4.78 is 50.3. The minimum atomic E-state index is -4.30. The summed E-state index contributed by atoms with van der Waals surface area (Å²) in [5, 5.41) is 0. The largest absolute Gasteiger partial charge is 0.416 e. The van der Waals surface area contributed by atoms with Gasteiger partial charge in [-0.3, -0.25) is 0 Å². The fourth-order valence-corrected chi connectivity index (χ4v) is 0.341. The minimum absolute atomic E-state index is 0.181. The Morgan fingerprint density at radius 2 is 1.73 bits per heavy atom. The molecule has 0 saturated carbocycles. The fourth-order valence-electron chi connectivity index (χ4n) is 0.341. The van der Waals surface area contributed by atoms with Gasteiger partial charge < -0.3 is 4.74 Å². The van der Waals surface area contributed by atoms with Gasteiger partial charge in [0.15, 0.2) is 0 Å². The second-order valence-electron chi connectivity index (χ2n) is 2.57. The molecule has 0 aliphatic carbocycles. The molecule has 0 unspecified atom stereocenters. The molecular weight excluding hydrogens is 164 g/mol. The van der Waals surface area contributed by atoms with Crippen molar-refractivity contribution in [3.63, 3.8) is 0 Å². The fraction of sp³-hybridized carbons (Fsp3) is 1.00. The van der Waals surface area contributed by atoms with Crippen molar-refractivity contribution in [2.45, 2.75) is 26.4 Å². The zero-order chi connectivity index (χ0) is 9.07. The van der Waals surface area contributed by atoms with Crippen LogP contribution in [0.4, 0.5) is 17.6 Å². The highest BCUT2D eigenvalue weighted by molar-refractivity contribution is 4.55. The van der Waals surface area contributed by atoms with Gasteiger partial charge in [0.25, 0.3) is 0 Å². The van der Waals surface area contributed by atoms with Crippen LogP contribution in [-0.4, -0.2) is 19.1 Å². The van der Waals surface area contributed by atoms with Crippen LogP contribution in [0.5, 0.6) is 0 Å². The maximum Gasteiger partial charge on any atom is 0.416 e. The molecule has 0 spiro atoms. The number of halogens is 4. The predicted molar refractivity (Wildman–Crippen MR) is 31.7 cm³/mol. The Morgan fingerprint density at radius 1 is 1.27 bits per heavy atom. The van der Waals surface area contributed by atoms with Crippen molar-refractivity contribution in [3.8, 4) is 0 Å². The van der Waals surface area contributed by atoms with E-state index in [-0.39, 0.29) is 12.5 Å². The molecule has 0 fully saturated rings. The molecule has 0 bridgehead atoms. The number of rotatable bonds is 4. The van der Waals surface area contributed by atoms with Gasteiger partial charge >= 0.3 is 12.5 Å². The van der Waals surface area contributed by atoms with Crippen molar-refractivity contribution < 1.29 is 22.3 Å². The number of ether oxygens (including phenoxy) is 1. The lowest BCUT2D eigenvalue weighted by Gasteiger charge is -2.16. The van der Waals surface area contributed by atoms with E-state index in [0.717, 1.165) is 0 Å². The molecule has 0 heterocycles. The highest BCUT2D eigenvalue weighted by atomic mass is 19.3. The van der Waals surface area contributed by atoms with Crippen molar-refractivity contribution in [1.29, 1.82) is 0 Å². The third-order valence-electron chi connectivity index (χ3n) is 0.863. The van der Waals surface area contributed by atoms with E-state index in [1.165, 1.54) is 0 Å². The molecule has 1 nitrogen and oxygen atoms in total. The summed E-state index contributed by atoms with van der Waals surface area (Å²) >= 11 is 0. The van der Waals surface area contributed by atoms with Crippen molar-refractivity contribution in [3.05, 3.63) is 0 Å². The maximum atomic E-state index is 11.9. The van der Waals surface area contributed by atoms with E-state index in [9.17, 15) is 17.6 Å². The molecule has 0 atom stereocenters. The molecule has 5 heteroatoms. The number of alkyl halides is 4. The van der Waals surface area contributed by atoms with E-state index < -0.39 is 12.5 Å². The average molecular weight is 174 g/mol. The molecule has 0 rings (SSSR count). The third-order valence-corrected chi connectivity index (χ3v) is 0.863. The topological polar surface area (TPSA) is 9.23 Å². The van der Waals surface area contributed by atoms with Crippen molar-refractivity contribution >= 4 is 0 Å². The molecule has 0 aliphatic heterocycles. The van der Waals surface area contributed by atoms with Crippen LogP contribution in [0.3, 0.4) is 0 Å². The number of hydrogen-bond donors (Lipinski definition) is 0. The summed E-state index contributed by atoms with van der Waals surface area (Å²) in [6.07, 6.45) is -8.05. The first-order chi connectivity index (χ1) is 4.86. The molecular formula is C6H10F4O. The second-order valence-corrected chi connectivity index (χ2v) is 2.57. The van der Waals surface area contributed by atoms with Crippen LogP contribution in [0.15, 0.2) is 0 Å². The van der Waals surface area contributed by atoms with Crippen molar-refractivity contribution in [1.82, 2.24) is 0 Å². The Hall–Kier alpha value is -0.320. The second kappa shape index (κ2) is 3.90. The van der Waals surface area contributed by atoms with Crippen LogP contribution >= 0.6 is 0 Å². The van der Waals surface area contributed by atoms with E-state index in [1.807, 2.05) is 0 Å². The zero-order valence-corrected chi connectivity index (χ0v) is 6.28. The van der Waals surface area contributed by atoms with Crippen LogP contribution in [0.1, 0.15) is 13.8 Å². The summed E-state index contributed by atoms with van der Waals surface area (Å²) in [5.41, 5.74) is 0. The van der Waals surface area contributed by atoms with Crippen LogP contribution in [-0.2, 0) is 4.74 Å². The van der Waals surface area contributed by atoms with Crippen molar-refractivity contribution in [2.75, 3.05) is 6.61 Å². The SMILES string of the molecule is CC(C)COC(F)(F)C(F)F. The first-order valence-electron chi connectivity index (χ1n) is 3.16. The van der Waals surface area contributed by atoms with Gasteiger partial charge in [0, 0.05) is 0 Å².